The molecule has 0 aliphatic carbocycles. The number of rotatable bonds is 6. The average molecular weight is 477 g/mol. The minimum atomic E-state index is -4.34. The lowest BCUT2D eigenvalue weighted by Gasteiger charge is -2.34. The maximum Gasteiger partial charge on any atom is 0.416 e. The third-order valence-corrected chi connectivity index (χ3v) is 5.98. The van der Waals surface area contributed by atoms with Gasteiger partial charge in [0.1, 0.15) is 5.75 Å². The fourth-order valence-electron chi connectivity index (χ4n) is 4.25. The molecule has 0 amide bonds. The minimum Gasteiger partial charge on any atom is -0.496 e. The van der Waals surface area contributed by atoms with E-state index in [9.17, 15) is 13.2 Å². The van der Waals surface area contributed by atoms with E-state index in [4.69, 9.17) is 4.74 Å². The molecule has 1 aliphatic rings. The van der Waals surface area contributed by atoms with Crippen LogP contribution in [-0.2, 0) is 12.7 Å². The predicted molar refractivity (Wildman–Crippen MR) is 130 cm³/mol. The lowest BCUT2D eigenvalue weighted by atomic mass is 10.0. The van der Waals surface area contributed by atoms with E-state index in [0.717, 1.165) is 49.9 Å². The van der Waals surface area contributed by atoms with Gasteiger partial charge in [-0.2, -0.15) is 13.2 Å². The summed E-state index contributed by atoms with van der Waals surface area (Å²) in [6.45, 7) is 5.14. The average Bonchev–Trinajstić information content (AvgIpc) is 2.80. The van der Waals surface area contributed by atoms with Crippen molar-refractivity contribution in [3.05, 3.63) is 83.4 Å². The summed E-state index contributed by atoms with van der Waals surface area (Å²) in [5, 5.41) is 2.33. The van der Waals surface area contributed by atoms with E-state index < -0.39 is 11.7 Å². The predicted octanol–water partition coefficient (Wildman–Crippen LogP) is 6.12. The summed E-state index contributed by atoms with van der Waals surface area (Å²) in [5.74, 6) is 0.882. The molecule has 7 heteroatoms. The lowest BCUT2D eigenvalue weighted by molar-refractivity contribution is -0.137. The van der Waals surface area contributed by atoms with Crippen LogP contribution in [0.4, 0.5) is 13.2 Å². The Labute approximate surface area is 198 Å². The molecule has 0 atom stereocenters. The van der Waals surface area contributed by atoms with E-state index in [-0.39, 0.29) is 18.0 Å². The zero-order valence-electron chi connectivity index (χ0n) is 18.5. The summed E-state index contributed by atoms with van der Waals surface area (Å²) in [6, 6.07) is 18.1. The van der Waals surface area contributed by atoms with Gasteiger partial charge in [-0.05, 0) is 28.6 Å². The number of ether oxygens (including phenoxy) is 1. The zero-order chi connectivity index (χ0) is 22.6. The summed E-state index contributed by atoms with van der Waals surface area (Å²) in [4.78, 5) is 4.70. The fourth-order valence-corrected chi connectivity index (χ4v) is 4.25. The van der Waals surface area contributed by atoms with Crippen LogP contribution in [0.3, 0.4) is 0 Å². The summed E-state index contributed by atoms with van der Waals surface area (Å²) in [7, 11) is 1.69. The fraction of sp³-hybridized carbons (Fsp3) is 0.308. The van der Waals surface area contributed by atoms with Gasteiger partial charge in [-0.15, -0.1) is 12.4 Å². The van der Waals surface area contributed by atoms with Gasteiger partial charge in [0, 0.05) is 44.7 Å². The van der Waals surface area contributed by atoms with Crippen LogP contribution >= 0.6 is 12.4 Å². The topological polar surface area (TPSA) is 15.7 Å². The minimum absolute atomic E-state index is 0. The molecule has 3 aromatic carbocycles. The Bertz CT molecular complexity index is 1090. The van der Waals surface area contributed by atoms with Crippen LogP contribution in [0, 0.1) is 0 Å². The number of halogens is 4. The number of alkyl halides is 3. The van der Waals surface area contributed by atoms with E-state index in [2.05, 4.69) is 28.0 Å². The van der Waals surface area contributed by atoms with E-state index in [1.54, 1.807) is 19.3 Å². The van der Waals surface area contributed by atoms with Crippen LogP contribution in [0.25, 0.3) is 16.8 Å². The molecular weight excluding hydrogens is 449 g/mol. The third kappa shape index (κ3) is 6.08. The van der Waals surface area contributed by atoms with Gasteiger partial charge in [-0.3, -0.25) is 9.80 Å². The summed E-state index contributed by atoms with van der Waals surface area (Å²) < 4.78 is 44.9. The molecule has 0 unspecified atom stereocenters. The molecule has 0 aromatic heterocycles. The van der Waals surface area contributed by atoms with Crippen LogP contribution in [0.5, 0.6) is 5.75 Å². The van der Waals surface area contributed by atoms with E-state index in [1.807, 2.05) is 24.3 Å². The van der Waals surface area contributed by atoms with Crippen LogP contribution < -0.4 is 4.74 Å². The number of benzene rings is 3. The monoisotopic (exact) mass is 476 g/mol. The number of fused-ring (bicyclic) bond motifs is 1. The highest BCUT2D eigenvalue weighted by atomic mass is 35.5. The van der Waals surface area contributed by atoms with Crippen molar-refractivity contribution in [1.29, 1.82) is 0 Å². The number of hydrogen-bond donors (Lipinski definition) is 0. The van der Waals surface area contributed by atoms with Gasteiger partial charge in [0.05, 0.1) is 12.7 Å². The first-order valence-electron chi connectivity index (χ1n) is 10.8. The van der Waals surface area contributed by atoms with Crippen molar-refractivity contribution in [1.82, 2.24) is 9.80 Å². The Morgan fingerprint density at radius 2 is 1.48 bits per heavy atom. The van der Waals surface area contributed by atoms with Crippen molar-refractivity contribution < 1.29 is 17.9 Å². The molecule has 0 radical (unpaired) electrons. The molecule has 0 spiro atoms. The Balaban J connectivity index is 0.00000306. The molecule has 1 saturated heterocycles. The van der Waals surface area contributed by atoms with E-state index in [0.29, 0.717) is 6.54 Å². The Hall–Kier alpha value is -2.54. The van der Waals surface area contributed by atoms with Gasteiger partial charge >= 0.3 is 6.18 Å². The quantitative estimate of drug-likeness (QED) is 0.426. The molecule has 1 aliphatic heterocycles. The molecule has 1 heterocycles. The SMILES string of the molecule is COc1ccc(CN2CCN(C/C=C/c3ccccc3C(F)(F)F)CC2)c2ccccc12.Cl. The second kappa shape index (κ2) is 11.1. The highest BCUT2D eigenvalue weighted by molar-refractivity contribution is 5.91. The number of nitrogens with zero attached hydrogens (tertiary/aromatic N) is 2. The van der Waals surface area contributed by atoms with E-state index in [1.165, 1.54) is 23.1 Å². The third-order valence-electron chi connectivity index (χ3n) is 5.98. The Kier molecular flexibility index (Phi) is 8.40. The molecule has 33 heavy (non-hydrogen) atoms. The van der Waals surface area contributed by atoms with Crippen LogP contribution in [0.1, 0.15) is 16.7 Å². The summed E-state index contributed by atoms with van der Waals surface area (Å²) in [6.07, 6.45) is -0.923. The summed E-state index contributed by atoms with van der Waals surface area (Å²) >= 11 is 0. The van der Waals surface area contributed by atoms with Gasteiger partial charge in [0.25, 0.3) is 0 Å². The number of piperazine rings is 1. The van der Waals surface area contributed by atoms with Gasteiger partial charge < -0.3 is 4.74 Å². The molecule has 3 aromatic rings. The summed E-state index contributed by atoms with van der Waals surface area (Å²) in [5.41, 5.74) is 0.899. The van der Waals surface area contributed by atoms with Crippen LogP contribution in [0.15, 0.2) is 66.7 Å². The van der Waals surface area contributed by atoms with Crippen molar-refractivity contribution in [3.8, 4) is 5.75 Å². The molecule has 0 saturated carbocycles. The molecule has 0 N–H and O–H groups in total. The van der Waals surface area contributed by atoms with Crippen molar-refractivity contribution in [2.45, 2.75) is 12.7 Å². The second-order valence-electron chi connectivity index (χ2n) is 8.04. The van der Waals surface area contributed by atoms with Gasteiger partial charge in [-0.1, -0.05) is 60.7 Å². The molecule has 0 bridgehead atoms. The van der Waals surface area contributed by atoms with Crippen molar-refractivity contribution in [2.24, 2.45) is 0 Å². The molecule has 1 fully saturated rings. The van der Waals surface area contributed by atoms with Gasteiger partial charge in [0.15, 0.2) is 0 Å². The largest absolute Gasteiger partial charge is 0.496 e. The van der Waals surface area contributed by atoms with Crippen LogP contribution in [-0.4, -0.2) is 49.6 Å². The Morgan fingerprint density at radius 1 is 0.848 bits per heavy atom. The molecule has 3 nitrogen and oxygen atoms in total. The Morgan fingerprint density at radius 3 is 2.18 bits per heavy atom. The second-order valence-corrected chi connectivity index (χ2v) is 8.04. The smallest absolute Gasteiger partial charge is 0.416 e. The molecule has 176 valence electrons. The first-order chi connectivity index (χ1) is 15.5. The molecular formula is C26H28ClF3N2O. The zero-order valence-corrected chi connectivity index (χ0v) is 19.3. The number of methoxy groups -OCH3 is 1. The molecule has 4 rings (SSSR count). The standard InChI is InChI=1S/C26H27F3N2O.ClH/c1-32-25-13-12-21(22-9-3-4-10-23(22)25)19-31-17-15-30(16-18-31)14-6-8-20-7-2-5-11-24(20)26(27,28)29;/h2-13H,14-19H2,1H3;1H/b8-6+;. The first-order valence-corrected chi connectivity index (χ1v) is 10.8. The highest BCUT2D eigenvalue weighted by Gasteiger charge is 2.32. The highest BCUT2D eigenvalue weighted by Crippen LogP contribution is 2.32. The lowest BCUT2D eigenvalue weighted by Crippen LogP contribution is -2.45. The van der Waals surface area contributed by atoms with Crippen molar-refractivity contribution in [3.63, 3.8) is 0 Å². The van der Waals surface area contributed by atoms with Crippen molar-refractivity contribution >= 4 is 29.3 Å². The normalized spacial score (nSPS) is 15.6. The first kappa shape index (κ1) is 25.1. The maximum absolute atomic E-state index is 13.1. The van der Waals surface area contributed by atoms with Crippen LogP contribution in [0.2, 0.25) is 0 Å². The van der Waals surface area contributed by atoms with E-state index >= 15 is 0 Å². The van der Waals surface area contributed by atoms with Crippen molar-refractivity contribution in [2.75, 3.05) is 39.8 Å². The number of hydrogen-bond acceptors (Lipinski definition) is 3. The maximum atomic E-state index is 13.1. The van der Waals surface area contributed by atoms with Gasteiger partial charge in [0.2, 0.25) is 0 Å². The van der Waals surface area contributed by atoms with Gasteiger partial charge in [-0.25, -0.2) is 0 Å².